The van der Waals surface area contributed by atoms with Crippen molar-refractivity contribution in [1.82, 2.24) is 10.2 Å². The molecule has 1 aromatic rings. The molecule has 1 unspecified atom stereocenters. The fourth-order valence-electron chi connectivity index (χ4n) is 4.05. The lowest BCUT2D eigenvalue weighted by atomic mass is 9.99. The zero-order valence-electron chi connectivity index (χ0n) is 18.9. The van der Waals surface area contributed by atoms with Crippen molar-refractivity contribution >= 4 is 35.1 Å². The standard InChI is InChI=1S/C23H34Cl2N2O4/c1-5-8-10-15(6-2)23(29)31-21-18(25)13-17(24)20(30-4)19(21)22(28)26-14-16-11-9-12-27(16)7-3/h13,15-16H,5-12,14H2,1-4H3,(H,26,28)/t15?,16-/m0/s1. The first-order chi connectivity index (χ1) is 14.9. The van der Waals surface area contributed by atoms with Crippen LogP contribution in [0, 0.1) is 5.92 Å². The van der Waals surface area contributed by atoms with Gasteiger partial charge in [0.1, 0.15) is 5.56 Å². The molecular formula is C23H34Cl2N2O4. The fourth-order valence-corrected chi connectivity index (χ4v) is 4.63. The minimum atomic E-state index is -0.423. The number of methoxy groups -OCH3 is 1. The first-order valence-corrected chi connectivity index (χ1v) is 11.9. The van der Waals surface area contributed by atoms with E-state index in [4.69, 9.17) is 32.7 Å². The molecule has 0 saturated carbocycles. The fraction of sp³-hybridized carbons (Fsp3) is 0.652. The molecule has 1 N–H and O–H groups in total. The molecule has 0 aromatic heterocycles. The van der Waals surface area contributed by atoms with E-state index in [1.54, 1.807) is 0 Å². The number of rotatable bonds is 11. The lowest BCUT2D eigenvalue weighted by Crippen LogP contribution is -2.40. The summed E-state index contributed by atoms with van der Waals surface area (Å²) in [6.07, 6.45) is 5.43. The molecule has 1 heterocycles. The van der Waals surface area contributed by atoms with Gasteiger partial charge in [0.05, 0.1) is 23.1 Å². The van der Waals surface area contributed by atoms with Gasteiger partial charge in [-0.2, -0.15) is 0 Å². The lowest BCUT2D eigenvalue weighted by Gasteiger charge is -2.24. The molecule has 0 bridgehead atoms. The molecule has 1 aliphatic rings. The number of carbonyl (C=O) groups is 2. The van der Waals surface area contributed by atoms with Gasteiger partial charge in [-0.25, -0.2) is 0 Å². The van der Waals surface area contributed by atoms with Gasteiger partial charge in [-0.05, 0) is 44.8 Å². The molecule has 31 heavy (non-hydrogen) atoms. The first kappa shape index (κ1) is 25.8. The van der Waals surface area contributed by atoms with Crippen LogP contribution in [-0.2, 0) is 4.79 Å². The van der Waals surface area contributed by atoms with Crippen LogP contribution in [0.25, 0.3) is 0 Å². The van der Waals surface area contributed by atoms with E-state index in [2.05, 4.69) is 24.1 Å². The summed E-state index contributed by atoms with van der Waals surface area (Å²) in [7, 11) is 1.42. The van der Waals surface area contributed by atoms with Crippen molar-refractivity contribution in [2.45, 2.75) is 65.3 Å². The predicted molar refractivity (Wildman–Crippen MR) is 125 cm³/mol. The van der Waals surface area contributed by atoms with Crippen LogP contribution in [-0.4, -0.2) is 49.6 Å². The van der Waals surface area contributed by atoms with E-state index >= 15 is 0 Å². The lowest BCUT2D eigenvalue weighted by molar-refractivity contribution is -0.139. The van der Waals surface area contributed by atoms with E-state index in [1.165, 1.54) is 13.2 Å². The summed E-state index contributed by atoms with van der Waals surface area (Å²) < 4.78 is 11.1. The highest BCUT2D eigenvalue weighted by molar-refractivity contribution is 6.37. The predicted octanol–water partition coefficient (Wildman–Crippen LogP) is 5.34. The Bertz CT molecular complexity index is 772. The first-order valence-electron chi connectivity index (χ1n) is 11.2. The molecule has 0 spiro atoms. The van der Waals surface area contributed by atoms with Crippen LogP contribution >= 0.6 is 23.2 Å². The Kier molecular flexibility index (Phi) is 10.4. The zero-order valence-corrected chi connectivity index (χ0v) is 20.4. The van der Waals surface area contributed by atoms with Gasteiger partial charge < -0.3 is 14.8 Å². The second-order valence-electron chi connectivity index (χ2n) is 7.88. The van der Waals surface area contributed by atoms with Gasteiger partial charge in [-0.3, -0.25) is 14.5 Å². The molecule has 1 amide bonds. The van der Waals surface area contributed by atoms with Crippen molar-refractivity contribution in [3.05, 3.63) is 21.7 Å². The third-order valence-electron chi connectivity index (χ3n) is 5.91. The summed E-state index contributed by atoms with van der Waals surface area (Å²) in [6, 6.07) is 1.71. The molecule has 1 aliphatic heterocycles. The second kappa shape index (κ2) is 12.5. The number of esters is 1. The van der Waals surface area contributed by atoms with Crippen molar-refractivity contribution in [2.24, 2.45) is 5.92 Å². The number of nitrogens with zero attached hydrogens (tertiary/aromatic N) is 1. The van der Waals surface area contributed by atoms with Crippen LogP contribution < -0.4 is 14.8 Å². The number of ether oxygens (including phenoxy) is 2. The Hall–Kier alpha value is -1.50. The highest BCUT2D eigenvalue weighted by atomic mass is 35.5. The molecule has 2 rings (SSSR count). The molecule has 1 saturated heterocycles. The Morgan fingerprint density at radius 2 is 1.94 bits per heavy atom. The Balaban J connectivity index is 2.29. The van der Waals surface area contributed by atoms with Crippen LogP contribution in [0.2, 0.25) is 10.0 Å². The summed E-state index contributed by atoms with van der Waals surface area (Å²) in [5.74, 6) is -0.936. The largest absolute Gasteiger partial charge is 0.494 e. The van der Waals surface area contributed by atoms with Crippen molar-refractivity contribution in [1.29, 1.82) is 0 Å². The Morgan fingerprint density at radius 3 is 2.55 bits per heavy atom. The minimum absolute atomic E-state index is 0.000801. The molecule has 174 valence electrons. The second-order valence-corrected chi connectivity index (χ2v) is 8.70. The maximum absolute atomic E-state index is 13.2. The Labute approximate surface area is 195 Å². The molecule has 6 nitrogen and oxygen atoms in total. The van der Waals surface area contributed by atoms with E-state index < -0.39 is 11.9 Å². The van der Waals surface area contributed by atoms with Crippen molar-refractivity contribution < 1.29 is 19.1 Å². The summed E-state index contributed by atoms with van der Waals surface area (Å²) in [5, 5.41) is 3.25. The van der Waals surface area contributed by atoms with E-state index in [-0.39, 0.29) is 39.1 Å². The number of nitrogens with one attached hydrogen (secondary N) is 1. The number of hydrogen-bond donors (Lipinski definition) is 1. The molecular weight excluding hydrogens is 439 g/mol. The number of amides is 1. The average Bonchev–Trinajstić information content (AvgIpc) is 3.21. The third-order valence-corrected chi connectivity index (χ3v) is 6.47. The van der Waals surface area contributed by atoms with Gasteiger partial charge in [0.15, 0.2) is 11.5 Å². The zero-order chi connectivity index (χ0) is 23.0. The maximum Gasteiger partial charge on any atom is 0.314 e. The highest BCUT2D eigenvalue weighted by Crippen LogP contribution is 2.41. The number of halogens is 2. The SMILES string of the molecule is CCCCC(CC)C(=O)Oc1c(Cl)cc(Cl)c(OC)c1C(=O)NC[C@@H]1CCCN1CC. The summed E-state index contributed by atoms with van der Waals surface area (Å²) in [4.78, 5) is 28.3. The normalized spacial score (nSPS) is 17.4. The van der Waals surface area contributed by atoms with Gasteiger partial charge in [-0.15, -0.1) is 0 Å². The van der Waals surface area contributed by atoms with E-state index in [1.807, 2.05) is 6.92 Å². The van der Waals surface area contributed by atoms with Gasteiger partial charge in [0, 0.05) is 12.6 Å². The van der Waals surface area contributed by atoms with Crippen molar-refractivity contribution in [3.63, 3.8) is 0 Å². The van der Waals surface area contributed by atoms with Crippen LogP contribution in [0.1, 0.15) is 69.7 Å². The van der Waals surface area contributed by atoms with Crippen LogP contribution in [0.15, 0.2) is 6.07 Å². The van der Waals surface area contributed by atoms with Crippen molar-refractivity contribution in [3.8, 4) is 11.5 Å². The number of likely N-dealkylation sites (N-methyl/N-ethyl adjacent to an activating group) is 1. The number of carbonyl (C=O) groups excluding carboxylic acids is 2. The quantitative estimate of drug-likeness (QED) is 0.347. The number of benzene rings is 1. The number of likely N-dealkylation sites (tertiary alicyclic amines) is 1. The molecule has 8 heteroatoms. The van der Waals surface area contributed by atoms with Crippen molar-refractivity contribution in [2.75, 3.05) is 26.7 Å². The summed E-state index contributed by atoms with van der Waals surface area (Å²) in [6.45, 7) is 8.58. The third kappa shape index (κ3) is 6.50. The molecule has 0 radical (unpaired) electrons. The highest BCUT2D eigenvalue weighted by Gasteiger charge is 2.30. The van der Waals surface area contributed by atoms with Crippen LogP contribution in [0.3, 0.4) is 0 Å². The maximum atomic E-state index is 13.2. The van der Waals surface area contributed by atoms with Gasteiger partial charge in [-0.1, -0.05) is 56.8 Å². The molecule has 2 atom stereocenters. The topological polar surface area (TPSA) is 67.9 Å². The minimum Gasteiger partial charge on any atom is -0.494 e. The van der Waals surface area contributed by atoms with Gasteiger partial charge in [0.25, 0.3) is 5.91 Å². The summed E-state index contributed by atoms with van der Waals surface area (Å²) in [5.41, 5.74) is 0.0553. The van der Waals surface area contributed by atoms with Gasteiger partial charge >= 0.3 is 5.97 Å². The summed E-state index contributed by atoms with van der Waals surface area (Å²) >= 11 is 12.7. The molecule has 0 aliphatic carbocycles. The van der Waals surface area contributed by atoms with Gasteiger partial charge in [0.2, 0.25) is 0 Å². The van der Waals surface area contributed by atoms with Crippen LogP contribution in [0.5, 0.6) is 11.5 Å². The van der Waals surface area contributed by atoms with E-state index in [0.717, 1.165) is 45.2 Å². The number of unbranched alkanes of at least 4 members (excludes halogenated alkanes) is 1. The monoisotopic (exact) mass is 472 g/mol. The Morgan fingerprint density at radius 1 is 1.23 bits per heavy atom. The van der Waals surface area contributed by atoms with E-state index in [0.29, 0.717) is 13.0 Å². The van der Waals surface area contributed by atoms with E-state index in [9.17, 15) is 9.59 Å². The smallest absolute Gasteiger partial charge is 0.314 e. The van der Waals surface area contributed by atoms with Crippen LogP contribution in [0.4, 0.5) is 0 Å². The number of hydrogen-bond acceptors (Lipinski definition) is 5. The molecule has 1 aromatic carbocycles. The average molecular weight is 473 g/mol. The molecule has 1 fully saturated rings.